The maximum absolute atomic E-state index is 12.6. The first-order chi connectivity index (χ1) is 13.7. The average molecular weight is 393 g/mol. The van der Waals surface area contributed by atoms with Crippen molar-refractivity contribution in [2.75, 3.05) is 16.8 Å². The van der Waals surface area contributed by atoms with Crippen molar-refractivity contribution in [3.8, 4) is 5.69 Å². The van der Waals surface area contributed by atoms with Crippen LogP contribution in [-0.2, 0) is 0 Å². The second-order valence-corrected chi connectivity index (χ2v) is 8.02. The molecule has 2 bridgehead atoms. The van der Waals surface area contributed by atoms with Gasteiger partial charge in [0.1, 0.15) is 0 Å². The highest BCUT2D eigenvalue weighted by atomic mass is 35.5. The molecule has 1 aliphatic carbocycles. The summed E-state index contributed by atoms with van der Waals surface area (Å²) in [5.74, 6) is 0.672. The van der Waals surface area contributed by atoms with Crippen molar-refractivity contribution in [3.05, 3.63) is 71.5 Å². The fourth-order valence-corrected chi connectivity index (χ4v) is 4.61. The first-order valence-corrected chi connectivity index (χ1v) is 10.0. The molecule has 2 atom stereocenters. The number of piperidine rings is 1. The zero-order chi connectivity index (χ0) is 19.1. The van der Waals surface area contributed by atoms with Gasteiger partial charge < -0.3 is 10.2 Å². The zero-order valence-corrected chi connectivity index (χ0v) is 16.1. The number of carbonyl (C=O) groups is 1. The van der Waals surface area contributed by atoms with Crippen LogP contribution in [0.1, 0.15) is 29.6 Å². The minimum atomic E-state index is -0.189. The van der Waals surface area contributed by atoms with E-state index in [1.807, 2.05) is 30.3 Å². The lowest BCUT2D eigenvalue weighted by Crippen LogP contribution is -2.31. The summed E-state index contributed by atoms with van der Waals surface area (Å²) in [4.78, 5) is 15.1. The number of rotatable bonds is 4. The van der Waals surface area contributed by atoms with E-state index < -0.39 is 0 Å². The quantitative estimate of drug-likeness (QED) is 0.696. The molecule has 0 radical (unpaired) electrons. The second-order valence-electron chi connectivity index (χ2n) is 7.61. The van der Waals surface area contributed by atoms with Gasteiger partial charge in [0.05, 0.1) is 22.5 Å². The van der Waals surface area contributed by atoms with E-state index >= 15 is 0 Å². The Hall–Kier alpha value is -2.79. The van der Waals surface area contributed by atoms with Gasteiger partial charge in [-0.05, 0) is 61.6 Å². The Morgan fingerprint density at radius 2 is 1.93 bits per heavy atom. The number of benzene rings is 2. The summed E-state index contributed by atoms with van der Waals surface area (Å²) < 4.78 is 1.61. The molecular weight excluding hydrogens is 372 g/mol. The summed E-state index contributed by atoms with van der Waals surface area (Å²) in [6.45, 7) is 1.16. The first kappa shape index (κ1) is 17.3. The van der Waals surface area contributed by atoms with Crippen molar-refractivity contribution in [1.29, 1.82) is 0 Å². The van der Waals surface area contributed by atoms with Crippen molar-refractivity contribution in [2.45, 2.75) is 25.3 Å². The number of amides is 1. The first-order valence-electron chi connectivity index (χ1n) is 9.65. The Balaban J connectivity index is 1.28. The van der Waals surface area contributed by atoms with E-state index in [-0.39, 0.29) is 5.91 Å². The summed E-state index contributed by atoms with van der Waals surface area (Å²) in [6.07, 6.45) is 7.24. The fourth-order valence-electron chi connectivity index (χ4n) is 4.39. The highest BCUT2D eigenvalue weighted by Gasteiger charge is 2.37. The molecule has 3 aromatic rings. The van der Waals surface area contributed by atoms with Crippen molar-refractivity contribution in [2.24, 2.45) is 5.92 Å². The third-order valence-corrected chi connectivity index (χ3v) is 6.13. The molecule has 5 nitrogen and oxygen atoms in total. The molecule has 1 amide bonds. The van der Waals surface area contributed by atoms with Gasteiger partial charge in [0.25, 0.3) is 5.91 Å². The number of nitrogens with zero attached hydrogens (tertiary/aromatic N) is 3. The van der Waals surface area contributed by atoms with Crippen molar-refractivity contribution in [3.63, 3.8) is 0 Å². The third-order valence-electron chi connectivity index (χ3n) is 5.81. The third kappa shape index (κ3) is 3.16. The molecule has 6 heteroatoms. The highest BCUT2D eigenvalue weighted by Crippen LogP contribution is 2.40. The lowest BCUT2D eigenvalue weighted by molar-refractivity contribution is 0.102. The molecule has 1 aliphatic heterocycles. The van der Waals surface area contributed by atoms with E-state index in [1.54, 1.807) is 23.1 Å². The number of para-hydroxylation sites is 1. The number of halogens is 1. The van der Waals surface area contributed by atoms with E-state index in [0.717, 1.165) is 23.8 Å². The molecule has 5 rings (SSSR count). The summed E-state index contributed by atoms with van der Waals surface area (Å²) in [7, 11) is 0. The maximum Gasteiger partial charge on any atom is 0.258 e. The summed E-state index contributed by atoms with van der Waals surface area (Å²) in [6, 6.07) is 16.2. The molecule has 28 heavy (non-hydrogen) atoms. The topological polar surface area (TPSA) is 50.2 Å². The average Bonchev–Trinajstić information content (AvgIpc) is 3.46. The predicted octanol–water partition coefficient (Wildman–Crippen LogP) is 4.77. The predicted molar refractivity (Wildman–Crippen MR) is 111 cm³/mol. The molecule has 1 N–H and O–H groups in total. The molecule has 2 unspecified atom stereocenters. The van der Waals surface area contributed by atoms with Gasteiger partial charge >= 0.3 is 0 Å². The van der Waals surface area contributed by atoms with Crippen LogP contribution in [0.5, 0.6) is 0 Å². The number of hydrogen-bond acceptors (Lipinski definition) is 3. The van der Waals surface area contributed by atoms with Crippen molar-refractivity contribution < 1.29 is 4.79 Å². The number of aromatic nitrogens is 2. The normalized spacial score (nSPS) is 20.5. The minimum absolute atomic E-state index is 0.189. The Kier molecular flexibility index (Phi) is 4.32. The van der Waals surface area contributed by atoms with E-state index in [0.29, 0.717) is 16.6 Å². The van der Waals surface area contributed by atoms with Crippen LogP contribution in [0.25, 0.3) is 5.69 Å². The van der Waals surface area contributed by atoms with Gasteiger partial charge in [-0.1, -0.05) is 23.7 Å². The number of anilines is 2. The smallest absolute Gasteiger partial charge is 0.258 e. The Bertz CT molecular complexity index is 1010. The molecule has 2 aromatic carbocycles. The SMILES string of the molecule is O=C(Nc1ccc(N2CC3CCC2C3)cc1)c1cnn(-c2ccccc2Cl)c1. The second kappa shape index (κ2) is 6.99. The molecule has 1 saturated carbocycles. The molecule has 1 aromatic heterocycles. The largest absolute Gasteiger partial charge is 0.368 e. The summed E-state index contributed by atoms with van der Waals surface area (Å²) in [5, 5.41) is 7.80. The van der Waals surface area contributed by atoms with Gasteiger partial charge in [-0.15, -0.1) is 0 Å². The maximum atomic E-state index is 12.6. The van der Waals surface area contributed by atoms with Crippen molar-refractivity contribution in [1.82, 2.24) is 9.78 Å². The van der Waals surface area contributed by atoms with Gasteiger partial charge in [0.2, 0.25) is 0 Å². The molecule has 0 spiro atoms. The number of hydrogen-bond donors (Lipinski definition) is 1. The molecule has 142 valence electrons. The lowest BCUT2D eigenvalue weighted by Gasteiger charge is -2.29. The number of carbonyl (C=O) groups excluding carboxylic acids is 1. The Morgan fingerprint density at radius 1 is 1.11 bits per heavy atom. The van der Waals surface area contributed by atoms with E-state index in [1.165, 1.54) is 24.9 Å². The van der Waals surface area contributed by atoms with E-state index in [2.05, 4.69) is 27.4 Å². The zero-order valence-electron chi connectivity index (χ0n) is 15.4. The van der Waals surface area contributed by atoms with E-state index in [4.69, 9.17) is 11.6 Å². The monoisotopic (exact) mass is 392 g/mol. The highest BCUT2D eigenvalue weighted by molar-refractivity contribution is 6.32. The lowest BCUT2D eigenvalue weighted by atomic mass is 10.1. The molecule has 2 heterocycles. The van der Waals surface area contributed by atoms with Gasteiger partial charge in [-0.3, -0.25) is 4.79 Å². The van der Waals surface area contributed by atoms with Crippen LogP contribution in [-0.4, -0.2) is 28.3 Å². The van der Waals surface area contributed by atoms with Crippen molar-refractivity contribution >= 4 is 28.9 Å². The Morgan fingerprint density at radius 3 is 2.64 bits per heavy atom. The van der Waals surface area contributed by atoms with Gasteiger partial charge in [0.15, 0.2) is 0 Å². The van der Waals surface area contributed by atoms with Crippen LogP contribution in [0.2, 0.25) is 5.02 Å². The van der Waals surface area contributed by atoms with Gasteiger partial charge in [0, 0.05) is 30.2 Å². The van der Waals surface area contributed by atoms with Gasteiger partial charge in [-0.25, -0.2) is 4.68 Å². The summed E-state index contributed by atoms with van der Waals surface area (Å²) in [5.41, 5.74) is 3.26. The van der Waals surface area contributed by atoms with Crippen LogP contribution < -0.4 is 10.2 Å². The van der Waals surface area contributed by atoms with Crippen LogP contribution in [0.15, 0.2) is 60.9 Å². The standard InChI is InChI=1S/C22H21ClN4O/c23-20-3-1-2-4-21(20)27-14-16(12-24-27)22(28)25-17-6-9-18(10-7-17)26-13-15-5-8-19(26)11-15/h1-4,6-7,9-10,12,14-15,19H,5,8,11,13H2,(H,25,28). The van der Waals surface area contributed by atoms with Gasteiger partial charge in [-0.2, -0.15) is 5.10 Å². The van der Waals surface area contributed by atoms with Crippen LogP contribution >= 0.6 is 11.6 Å². The van der Waals surface area contributed by atoms with Crippen LogP contribution in [0.4, 0.5) is 11.4 Å². The number of fused-ring (bicyclic) bond motifs is 2. The molecule has 2 fully saturated rings. The molecular formula is C22H21ClN4O. The van der Waals surface area contributed by atoms with Crippen LogP contribution in [0, 0.1) is 5.92 Å². The summed E-state index contributed by atoms with van der Waals surface area (Å²) >= 11 is 6.20. The van der Waals surface area contributed by atoms with Crippen LogP contribution in [0.3, 0.4) is 0 Å². The number of nitrogens with one attached hydrogen (secondary N) is 1. The molecule has 2 aliphatic rings. The molecule has 1 saturated heterocycles. The fraction of sp³-hybridized carbons (Fsp3) is 0.273. The Labute approximate surface area is 168 Å². The minimum Gasteiger partial charge on any atom is -0.368 e. The van der Waals surface area contributed by atoms with E-state index in [9.17, 15) is 4.79 Å².